The number of hydrogen-bond donors (Lipinski definition) is 1. The van der Waals surface area contributed by atoms with Gasteiger partial charge in [-0.15, -0.1) is 0 Å². The maximum Gasteiger partial charge on any atom is 0.320 e. The van der Waals surface area contributed by atoms with Crippen molar-refractivity contribution in [1.29, 1.82) is 0 Å². The van der Waals surface area contributed by atoms with E-state index in [1.54, 1.807) is 7.11 Å². The number of methoxy groups -OCH3 is 1. The molecular weight excluding hydrogens is 460 g/mol. The van der Waals surface area contributed by atoms with Gasteiger partial charge in [0.1, 0.15) is 5.82 Å². The lowest BCUT2D eigenvalue weighted by atomic mass is 9.85. The summed E-state index contributed by atoms with van der Waals surface area (Å²) >= 11 is 0. The summed E-state index contributed by atoms with van der Waals surface area (Å²) in [4.78, 5) is 13.8. The normalized spacial score (nSPS) is 22.2. The second-order valence-corrected chi connectivity index (χ2v) is 10.0. The van der Waals surface area contributed by atoms with Crippen molar-refractivity contribution in [2.45, 2.75) is 37.8 Å². The third-order valence-corrected chi connectivity index (χ3v) is 7.87. The molecule has 2 aromatic heterocycles. The molecule has 1 aromatic carbocycles. The Morgan fingerprint density at radius 2 is 1.83 bits per heavy atom. The number of benzene rings is 1. The van der Waals surface area contributed by atoms with Crippen molar-refractivity contribution in [3.05, 3.63) is 35.5 Å². The first-order chi connectivity index (χ1) is 17.6. The summed E-state index contributed by atoms with van der Waals surface area (Å²) in [6, 6.07) is 7.17. The highest BCUT2D eigenvalue weighted by Crippen LogP contribution is 2.35. The number of piperidine rings is 1. The van der Waals surface area contributed by atoms with Crippen LogP contribution in [0.5, 0.6) is 6.01 Å². The van der Waals surface area contributed by atoms with Gasteiger partial charge in [0.15, 0.2) is 5.82 Å². The van der Waals surface area contributed by atoms with Gasteiger partial charge in [-0.1, -0.05) is 0 Å². The monoisotopic (exact) mass is 494 g/mol. The molecule has 0 saturated carbocycles. The largest absolute Gasteiger partial charge is 0.467 e. The third kappa shape index (κ3) is 4.32. The molecule has 0 bridgehead atoms. The van der Waals surface area contributed by atoms with E-state index in [4.69, 9.17) is 19.3 Å². The van der Waals surface area contributed by atoms with Gasteiger partial charge in [-0.25, -0.2) is 4.68 Å². The van der Waals surface area contributed by atoms with E-state index in [1.807, 2.05) is 16.9 Å². The van der Waals surface area contributed by atoms with Crippen LogP contribution < -0.4 is 9.64 Å². The Morgan fingerprint density at radius 3 is 2.56 bits per heavy atom. The molecule has 5 heterocycles. The molecular formula is C26H34N6O4. The van der Waals surface area contributed by atoms with Crippen molar-refractivity contribution >= 4 is 16.7 Å². The molecule has 0 amide bonds. The summed E-state index contributed by atoms with van der Waals surface area (Å²) in [7, 11) is 1.57. The lowest BCUT2D eigenvalue weighted by Crippen LogP contribution is -2.51. The van der Waals surface area contributed by atoms with E-state index in [-0.39, 0.29) is 18.7 Å². The van der Waals surface area contributed by atoms with Crippen LogP contribution in [0.25, 0.3) is 16.7 Å². The number of aryl methyl sites for hydroxylation is 1. The Morgan fingerprint density at radius 1 is 1.03 bits per heavy atom. The number of fused-ring (bicyclic) bond motifs is 1. The van der Waals surface area contributed by atoms with E-state index < -0.39 is 0 Å². The molecule has 3 aliphatic heterocycles. The number of aliphatic hydroxyl groups excluding tert-OH is 1. The number of aliphatic hydroxyl groups is 1. The first kappa shape index (κ1) is 23.6. The predicted molar refractivity (Wildman–Crippen MR) is 135 cm³/mol. The number of nitrogens with zero attached hydrogens (tertiary/aromatic N) is 6. The molecule has 10 heteroatoms. The lowest BCUT2D eigenvalue weighted by Gasteiger charge is -2.41. The van der Waals surface area contributed by atoms with Gasteiger partial charge < -0.3 is 24.2 Å². The number of aromatic nitrogens is 4. The van der Waals surface area contributed by atoms with Gasteiger partial charge in [-0.05, 0) is 62.0 Å². The average Bonchev–Trinajstić information content (AvgIpc) is 3.30. The van der Waals surface area contributed by atoms with Crippen LogP contribution in [-0.2, 0) is 9.47 Å². The van der Waals surface area contributed by atoms with Crippen LogP contribution in [0.4, 0.5) is 5.82 Å². The fraction of sp³-hybridized carbons (Fsp3) is 0.577. The number of likely N-dealkylation sites (tertiary alicyclic amines) is 1. The van der Waals surface area contributed by atoms with Crippen molar-refractivity contribution in [3.8, 4) is 11.8 Å². The molecule has 10 nitrogen and oxygen atoms in total. The van der Waals surface area contributed by atoms with Gasteiger partial charge in [0.2, 0.25) is 0 Å². The minimum Gasteiger partial charge on any atom is -0.467 e. The highest BCUT2D eigenvalue weighted by molar-refractivity contribution is 5.82. The summed E-state index contributed by atoms with van der Waals surface area (Å²) < 4.78 is 18.3. The smallest absolute Gasteiger partial charge is 0.320 e. The van der Waals surface area contributed by atoms with Crippen molar-refractivity contribution < 1.29 is 19.3 Å². The molecule has 3 aromatic rings. The first-order valence-electron chi connectivity index (χ1n) is 12.8. The molecule has 0 aliphatic carbocycles. The van der Waals surface area contributed by atoms with E-state index >= 15 is 0 Å². The van der Waals surface area contributed by atoms with E-state index in [0.717, 1.165) is 50.0 Å². The van der Waals surface area contributed by atoms with E-state index in [9.17, 15) is 5.11 Å². The van der Waals surface area contributed by atoms with Gasteiger partial charge in [-0.2, -0.15) is 15.1 Å². The summed E-state index contributed by atoms with van der Waals surface area (Å²) in [5, 5.41) is 15.7. The average molecular weight is 495 g/mol. The summed E-state index contributed by atoms with van der Waals surface area (Å²) in [6.45, 7) is 7.86. The molecule has 1 N–H and O–H groups in total. The topological polar surface area (TPSA) is 98.0 Å². The van der Waals surface area contributed by atoms with Gasteiger partial charge in [-0.3, -0.25) is 4.90 Å². The highest BCUT2D eigenvalue weighted by Gasteiger charge is 2.31. The van der Waals surface area contributed by atoms with Crippen molar-refractivity contribution in [2.75, 3.05) is 64.7 Å². The molecule has 192 valence electrons. The molecule has 3 saturated heterocycles. The zero-order valence-electron chi connectivity index (χ0n) is 21.0. The molecule has 3 aliphatic rings. The number of rotatable bonds is 6. The Labute approximate surface area is 210 Å². The Hall–Kier alpha value is -2.79. The quantitative estimate of drug-likeness (QED) is 0.551. The number of ether oxygens (including phenoxy) is 3. The maximum absolute atomic E-state index is 9.87. The van der Waals surface area contributed by atoms with Gasteiger partial charge >= 0.3 is 6.01 Å². The fourth-order valence-corrected chi connectivity index (χ4v) is 5.69. The minimum absolute atomic E-state index is 0.0123. The second-order valence-electron chi connectivity index (χ2n) is 10.0. The van der Waals surface area contributed by atoms with Crippen LogP contribution in [0.2, 0.25) is 0 Å². The van der Waals surface area contributed by atoms with E-state index in [2.05, 4.69) is 38.8 Å². The molecule has 0 unspecified atom stereocenters. The molecule has 6 rings (SSSR count). The summed E-state index contributed by atoms with van der Waals surface area (Å²) in [5.41, 5.74) is 3.73. The molecule has 1 atom stereocenters. The Bertz CT molecular complexity index is 1220. The SMILES string of the molecule is COc1nc(N2CCOC[C@H]2CO)cc(-n2ncc3cc(C)c(C4CCN(C5COC5)CC4)cc32)n1. The van der Waals surface area contributed by atoms with Crippen molar-refractivity contribution in [3.63, 3.8) is 0 Å². The highest BCUT2D eigenvalue weighted by atomic mass is 16.5. The standard InChI is InChI=1S/C26H34N6O4/c1-17-9-19-12-27-32(23(19)10-22(17)18-3-5-30(6-4-18)21-15-36-16-21)25-11-24(28-26(29-25)34-2)31-7-8-35-14-20(31)13-33/h9-12,18,20-21,33H,3-8,13-16H2,1-2H3/t20-/m1/s1. The third-order valence-electron chi connectivity index (χ3n) is 7.87. The van der Waals surface area contributed by atoms with Crippen LogP contribution in [0.1, 0.15) is 29.9 Å². The van der Waals surface area contributed by atoms with Gasteiger partial charge in [0.05, 0.1) is 63.9 Å². The van der Waals surface area contributed by atoms with Gasteiger partial charge in [0.25, 0.3) is 0 Å². The number of anilines is 1. The second kappa shape index (κ2) is 9.93. The molecule has 0 radical (unpaired) electrons. The first-order valence-corrected chi connectivity index (χ1v) is 12.8. The predicted octanol–water partition coefficient (Wildman–Crippen LogP) is 1.91. The van der Waals surface area contributed by atoms with Gasteiger partial charge in [0, 0.05) is 18.0 Å². The molecule has 36 heavy (non-hydrogen) atoms. The van der Waals surface area contributed by atoms with Crippen LogP contribution in [0, 0.1) is 6.92 Å². The zero-order valence-corrected chi connectivity index (χ0v) is 21.0. The summed E-state index contributed by atoms with van der Waals surface area (Å²) in [6.07, 6.45) is 4.20. The van der Waals surface area contributed by atoms with E-state index in [0.29, 0.717) is 43.4 Å². The lowest BCUT2D eigenvalue weighted by molar-refractivity contribution is -0.0712. The molecule has 3 fully saturated rings. The zero-order chi connectivity index (χ0) is 24.6. The van der Waals surface area contributed by atoms with Crippen LogP contribution in [0.15, 0.2) is 24.4 Å². The van der Waals surface area contributed by atoms with E-state index in [1.165, 1.54) is 11.1 Å². The van der Waals surface area contributed by atoms with Crippen molar-refractivity contribution in [2.24, 2.45) is 0 Å². The number of morpholine rings is 1. The Kier molecular flexibility index (Phi) is 6.51. The Balaban J connectivity index is 1.33. The van der Waals surface area contributed by atoms with Crippen LogP contribution >= 0.6 is 0 Å². The van der Waals surface area contributed by atoms with Crippen molar-refractivity contribution in [1.82, 2.24) is 24.6 Å². The van der Waals surface area contributed by atoms with Crippen LogP contribution in [-0.4, -0.2) is 102 Å². The fourth-order valence-electron chi connectivity index (χ4n) is 5.69. The molecule has 0 spiro atoms. The summed E-state index contributed by atoms with van der Waals surface area (Å²) in [5.74, 6) is 1.87. The number of hydrogen-bond acceptors (Lipinski definition) is 9. The van der Waals surface area contributed by atoms with Crippen LogP contribution in [0.3, 0.4) is 0 Å². The minimum atomic E-state index is -0.160. The maximum atomic E-state index is 9.87.